The average molecular weight is 250 g/mol. The number of hydrogen-bond donors (Lipinski definition) is 6. The summed E-state index contributed by atoms with van der Waals surface area (Å²) < 4.78 is 0. The van der Waals surface area contributed by atoms with Crippen molar-refractivity contribution in [3.8, 4) is 0 Å². The van der Waals surface area contributed by atoms with E-state index in [2.05, 4.69) is 10.6 Å². The monoisotopic (exact) mass is 250 g/mol. The average Bonchev–Trinajstić information content (AvgIpc) is 2.21. The van der Waals surface area contributed by atoms with Gasteiger partial charge in [0.15, 0.2) is 0 Å². The Morgan fingerprint density at radius 3 is 1.71 bits per heavy atom. The quantitative estimate of drug-likeness (QED) is 0.187. The fraction of sp³-hybridized carbons (Fsp3) is 0.625. The highest BCUT2D eigenvalue weighted by molar-refractivity contribution is 5.97. The van der Waals surface area contributed by atoms with Crippen molar-refractivity contribution in [1.29, 1.82) is 0 Å². The first kappa shape index (κ1) is 15.3. The molecule has 0 aliphatic heterocycles. The van der Waals surface area contributed by atoms with Crippen molar-refractivity contribution in [2.24, 2.45) is 0 Å². The smallest absolute Gasteiger partial charge is 0.332 e. The first-order chi connectivity index (χ1) is 7.90. The van der Waals surface area contributed by atoms with E-state index in [-0.39, 0.29) is 13.1 Å². The lowest BCUT2D eigenvalue weighted by Crippen LogP contribution is -2.48. The third-order valence-corrected chi connectivity index (χ3v) is 1.84. The highest BCUT2D eigenvalue weighted by Gasteiger charge is 2.24. The van der Waals surface area contributed by atoms with E-state index in [1.54, 1.807) is 0 Å². The lowest BCUT2D eigenvalue weighted by Gasteiger charge is -2.13. The van der Waals surface area contributed by atoms with E-state index < -0.39 is 36.6 Å². The van der Waals surface area contributed by atoms with Crippen molar-refractivity contribution in [3.63, 3.8) is 0 Å². The van der Waals surface area contributed by atoms with Crippen molar-refractivity contribution in [1.82, 2.24) is 10.6 Å². The van der Waals surface area contributed by atoms with Crippen LogP contribution in [0.5, 0.6) is 0 Å². The summed E-state index contributed by atoms with van der Waals surface area (Å²) in [5.74, 6) is -4.32. The summed E-state index contributed by atoms with van der Waals surface area (Å²) in [5, 5.41) is 38.7. The molecule has 0 amide bonds. The lowest BCUT2D eigenvalue weighted by molar-refractivity contribution is -0.151. The van der Waals surface area contributed by atoms with Crippen LogP contribution in [0.4, 0.5) is 0 Å². The van der Waals surface area contributed by atoms with Gasteiger partial charge >= 0.3 is 17.9 Å². The molecule has 0 aliphatic carbocycles. The standard InChI is InChI=1S/C8H14N2O7/c11-3-4(6(12)13)9-1-2-10-5(7(14)15)8(16)17/h4-5,9-11H,1-3H2,(H,12,13)(H,14,15)(H,16,17). The molecule has 0 fully saturated rings. The van der Waals surface area contributed by atoms with Gasteiger partial charge in [-0.3, -0.25) is 10.1 Å². The Balaban J connectivity index is 3.94. The molecule has 1 atom stereocenters. The molecule has 0 bridgehead atoms. The van der Waals surface area contributed by atoms with Crippen LogP contribution in [0.25, 0.3) is 0 Å². The van der Waals surface area contributed by atoms with Crippen LogP contribution in [-0.4, -0.2) is 70.1 Å². The van der Waals surface area contributed by atoms with Gasteiger partial charge in [0.2, 0.25) is 6.04 Å². The number of rotatable bonds is 9. The molecule has 0 saturated heterocycles. The highest BCUT2D eigenvalue weighted by Crippen LogP contribution is 1.85. The maximum absolute atomic E-state index is 10.4. The molecule has 1 unspecified atom stereocenters. The van der Waals surface area contributed by atoms with E-state index in [0.717, 1.165) is 0 Å². The Kier molecular flexibility index (Phi) is 6.79. The molecule has 98 valence electrons. The number of hydrogen-bond acceptors (Lipinski definition) is 6. The number of carboxylic acids is 3. The molecular formula is C8H14N2O7. The first-order valence-corrected chi connectivity index (χ1v) is 4.66. The van der Waals surface area contributed by atoms with Gasteiger partial charge in [-0.1, -0.05) is 0 Å². The molecule has 0 aromatic heterocycles. The first-order valence-electron chi connectivity index (χ1n) is 4.66. The van der Waals surface area contributed by atoms with Crippen molar-refractivity contribution in [3.05, 3.63) is 0 Å². The van der Waals surface area contributed by atoms with Crippen molar-refractivity contribution in [2.45, 2.75) is 12.1 Å². The number of nitrogens with one attached hydrogen (secondary N) is 2. The van der Waals surface area contributed by atoms with E-state index in [4.69, 9.17) is 20.4 Å². The molecule has 9 heteroatoms. The number of aliphatic carboxylic acids is 3. The molecule has 0 aromatic carbocycles. The third kappa shape index (κ3) is 5.80. The van der Waals surface area contributed by atoms with Gasteiger partial charge in [-0.2, -0.15) is 0 Å². The Morgan fingerprint density at radius 2 is 1.35 bits per heavy atom. The van der Waals surface area contributed by atoms with Gasteiger partial charge in [0.1, 0.15) is 6.04 Å². The van der Waals surface area contributed by atoms with Gasteiger partial charge in [-0.15, -0.1) is 0 Å². The predicted octanol–water partition coefficient (Wildman–Crippen LogP) is -2.85. The second-order valence-corrected chi connectivity index (χ2v) is 3.09. The molecule has 0 aromatic rings. The summed E-state index contributed by atoms with van der Waals surface area (Å²) in [6, 6.07) is -2.90. The van der Waals surface area contributed by atoms with E-state index in [0.29, 0.717) is 0 Å². The molecule has 17 heavy (non-hydrogen) atoms. The van der Waals surface area contributed by atoms with Gasteiger partial charge in [0.25, 0.3) is 0 Å². The maximum Gasteiger partial charge on any atom is 0.332 e. The minimum Gasteiger partial charge on any atom is -0.480 e. The van der Waals surface area contributed by atoms with Crippen LogP contribution >= 0.6 is 0 Å². The Morgan fingerprint density at radius 1 is 0.882 bits per heavy atom. The third-order valence-electron chi connectivity index (χ3n) is 1.84. The Labute approximate surface area is 96.1 Å². The number of aliphatic hydroxyl groups excluding tert-OH is 1. The Bertz CT molecular complexity index is 280. The van der Waals surface area contributed by atoms with Crippen LogP contribution in [0.15, 0.2) is 0 Å². The summed E-state index contributed by atoms with van der Waals surface area (Å²) in [6.45, 7) is -0.668. The topological polar surface area (TPSA) is 156 Å². The molecule has 6 N–H and O–H groups in total. The van der Waals surface area contributed by atoms with Crippen LogP contribution in [0, 0.1) is 0 Å². The minimum atomic E-state index is -1.74. The highest BCUT2D eigenvalue weighted by atomic mass is 16.4. The lowest BCUT2D eigenvalue weighted by atomic mass is 10.3. The van der Waals surface area contributed by atoms with Crippen LogP contribution in [0.1, 0.15) is 0 Å². The van der Waals surface area contributed by atoms with Crippen LogP contribution < -0.4 is 10.6 Å². The van der Waals surface area contributed by atoms with Crippen LogP contribution in [0.3, 0.4) is 0 Å². The van der Waals surface area contributed by atoms with E-state index in [1.165, 1.54) is 0 Å². The molecular weight excluding hydrogens is 236 g/mol. The summed E-state index contributed by atoms with van der Waals surface area (Å²) in [6.07, 6.45) is 0. The number of carbonyl (C=O) groups is 3. The second-order valence-electron chi connectivity index (χ2n) is 3.09. The molecule has 0 saturated carbocycles. The summed E-state index contributed by atoms with van der Waals surface area (Å²) >= 11 is 0. The van der Waals surface area contributed by atoms with Crippen molar-refractivity contribution in [2.75, 3.05) is 19.7 Å². The molecule has 9 nitrogen and oxygen atoms in total. The van der Waals surface area contributed by atoms with Crippen molar-refractivity contribution < 1.29 is 34.8 Å². The zero-order chi connectivity index (χ0) is 13.4. The van der Waals surface area contributed by atoms with Gasteiger partial charge < -0.3 is 25.7 Å². The molecule has 0 heterocycles. The summed E-state index contributed by atoms with van der Waals surface area (Å²) in [5.41, 5.74) is 0. The molecule has 0 rings (SSSR count). The van der Waals surface area contributed by atoms with Gasteiger partial charge in [0.05, 0.1) is 6.61 Å². The van der Waals surface area contributed by atoms with E-state index in [9.17, 15) is 14.4 Å². The van der Waals surface area contributed by atoms with Crippen LogP contribution in [0.2, 0.25) is 0 Å². The fourth-order valence-corrected chi connectivity index (χ4v) is 0.973. The van der Waals surface area contributed by atoms with Crippen molar-refractivity contribution >= 4 is 17.9 Å². The van der Waals surface area contributed by atoms with E-state index >= 15 is 0 Å². The van der Waals surface area contributed by atoms with Gasteiger partial charge in [-0.25, -0.2) is 9.59 Å². The zero-order valence-corrected chi connectivity index (χ0v) is 8.79. The summed E-state index contributed by atoms with van der Waals surface area (Å²) in [4.78, 5) is 31.3. The molecule has 0 spiro atoms. The second kappa shape index (κ2) is 7.54. The molecule has 0 aliphatic rings. The normalized spacial score (nSPS) is 12.4. The molecule has 0 radical (unpaired) electrons. The van der Waals surface area contributed by atoms with E-state index in [1.807, 2.05) is 0 Å². The fourth-order valence-electron chi connectivity index (χ4n) is 0.973. The number of carboxylic acid groups (broad SMARTS) is 3. The maximum atomic E-state index is 10.4. The largest absolute Gasteiger partial charge is 0.480 e. The SMILES string of the molecule is O=C(O)C(CO)NCCNC(C(=O)O)C(=O)O. The van der Waals surface area contributed by atoms with Gasteiger partial charge in [-0.05, 0) is 0 Å². The summed E-state index contributed by atoms with van der Waals surface area (Å²) in [7, 11) is 0. The Hall–Kier alpha value is -1.71. The van der Waals surface area contributed by atoms with Gasteiger partial charge in [0, 0.05) is 13.1 Å². The predicted molar refractivity (Wildman–Crippen MR) is 53.6 cm³/mol. The van der Waals surface area contributed by atoms with Crippen LogP contribution in [-0.2, 0) is 14.4 Å². The minimum absolute atomic E-state index is 0.00852. The zero-order valence-electron chi connectivity index (χ0n) is 8.79. The number of aliphatic hydroxyl groups is 1.